The van der Waals surface area contributed by atoms with Crippen molar-refractivity contribution in [3.8, 4) is 5.69 Å². The predicted molar refractivity (Wildman–Crippen MR) is 65.7 cm³/mol. The third-order valence-corrected chi connectivity index (χ3v) is 2.32. The van der Waals surface area contributed by atoms with E-state index < -0.39 is 0 Å². The zero-order valence-corrected chi connectivity index (χ0v) is 9.54. The summed E-state index contributed by atoms with van der Waals surface area (Å²) in [5.74, 6) is 1.16. The smallest absolute Gasteiger partial charge is 0.188 e. The van der Waals surface area contributed by atoms with Gasteiger partial charge in [0.2, 0.25) is 0 Å². The Kier molecular flexibility index (Phi) is 3.34. The van der Waals surface area contributed by atoms with Crippen molar-refractivity contribution in [3.05, 3.63) is 42.5 Å². The van der Waals surface area contributed by atoms with Crippen LogP contribution < -0.4 is 11.1 Å². The Morgan fingerprint density at radius 2 is 2.18 bits per heavy atom. The molecule has 0 aliphatic rings. The van der Waals surface area contributed by atoms with E-state index in [-0.39, 0.29) is 0 Å². The Hall–Kier alpha value is -2.37. The highest BCUT2D eigenvalue weighted by Gasteiger charge is 2.05. The third-order valence-electron chi connectivity index (χ3n) is 2.32. The number of nitrogens with one attached hydrogen (secondary N) is 1. The largest absolute Gasteiger partial charge is 0.370 e. The third kappa shape index (κ3) is 2.60. The topological polar surface area (TPSA) is 81.1 Å². The number of hydrogen-bond donors (Lipinski definition) is 2. The van der Waals surface area contributed by atoms with E-state index in [1.165, 1.54) is 0 Å². The molecule has 17 heavy (non-hydrogen) atoms. The lowest BCUT2D eigenvalue weighted by molar-refractivity contribution is 0.787. The molecule has 0 spiro atoms. The molecule has 0 saturated carbocycles. The van der Waals surface area contributed by atoms with Crippen molar-refractivity contribution in [2.75, 3.05) is 7.05 Å². The average Bonchev–Trinajstić information content (AvgIpc) is 2.85. The van der Waals surface area contributed by atoms with E-state index in [1.807, 2.05) is 34.9 Å². The number of benzene rings is 1. The lowest BCUT2D eigenvalue weighted by atomic mass is 10.3. The summed E-state index contributed by atoms with van der Waals surface area (Å²) >= 11 is 0. The van der Waals surface area contributed by atoms with Crippen LogP contribution in [-0.2, 0) is 6.54 Å². The zero-order chi connectivity index (χ0) is 12.1. The van der Waals surface area contributed by atoms with Gasteiger partial charge in [0, 0.05) is 12.7 Å². The molecular formula is C11H14N6. The number of nitrogens with zero attached hydrogens (tertiary/aromatic N) is 4. The van der Waals surface area contributed by atoms with Gasteiger partial charge < -0.3 is 11.1 Å². The molecule has 3 N–H and O–H groups in total. The molecule has 0 bridgehead atoms. The Balaban J connectivity index is 2.18. The highest BCUT2D eigenvalue weighted by atomic mass is 15.3. The van der Waals surface area contributed by atoms with E-state index in [1.54, 1.807) is 13.4 Å². The Bertz CT molecular complexity index is 502. The second kappa shape index (κ2) is 5.11. The Morgan fingerprint density at radius 1 is 1.41 bits per heavy atom. The van der Waals surface area contributed by atoms with Crippen molar-refractivity contribution in [2.24, 2.45) is 10.7 Å². The van der Waals surface area contributed by atoms with Gasteiger partial charge in [-0.25, -0.2) is 0 Å². The van der Waals surface area contributed by atoms with Crippen molar-refractivity contribution in [3.63, 3.8) is 0 Å². The van der Waals surface area contributed by atoms with Crippen molar-refractivity contribution in [2.45, 2.75) is 6.54 Å². The van der Waals surface area contributed by atoms with E-state index in [2.05, 4.69) is 20.5 Å². The summed E-state index contributed by atoms with van der Waals surface area (Å²) in [6, 6.07) is 9.88. The molecule has 0 atom stereocenters. The molecule has 2 rings (SSSR count). The van der Waals surface area contributed by atoms with Gasteiger partial charge in [-0.15, -0.1) is 10.2 Å². The SMILES string of the molecule is CN=C(N)NCc1nncn1-c1ccccc1. The Morgan fingerprint density at radius 3 is 2.88 bits per heavy atom. The molecule has 1 aromatic heterocycles. The summed E-state index contributed by atoms with van der Waals surface area (Å²) in [5.41, 5.74) is 6.57. The quantitative estimate of drug-likeness (QED) is 0.587. The molecule has 1 aromatic carbocycles. The number of guanidine groups is 1. The first-order valence-corrected chi connectivity index (χ1v) is 5.21. The molecule has 0 unspecified atom stereocenters. The van der Waals surface area contributed by atoms with Crippen molar-refractivity contribution in [1.82, 2.24) is 20.1 Å². The standard InChI is InChI=1S/C11H14N6/c1-13-11(12)14-7-10-16-15-8-17(10)9-5-3-2-4-6-9/h2-6,8H,7H2,1H3,(H3,12,13,14). The molecule has 0 fully saturated rings. The van der Waals surface area contributed by atoms with Gasteiger partial charge in [0.05, 0.1) is 6.54 Å². The molecule has 0 radical (unpaired) electrons. The maximum atomic E-state index is 5.56. The van der Waals surface area contributed by atoms with Crippen molar-refractivity contribution in [1.29, 1.82) is 0 Å². The van der Waals surface area contributed by atoms with Crippen LogP contribution in [0.3, 0.4) is 0 Å². The number of para-hydroxylation sites is 1. The summed E-state index contributed by atoms with van der Waals surface area (Å²) in [6.45, 7) is 0.484. The van der Waals surface area contributed by atoms with E-state index in [4.69, 9.17) is 5.73 Å². The van der Waals surface area contributed by atoms with E-state index in [9.17, 15) is 0 Å². The van der Waals surface area contributed by atoms with Crippen molar-refractivity contribution < 1.29 is 0 Å². The maximum absolute atomic E-state index is 5.56. The monoisotopic (exact) mass is 230 g/mol. The van der Waals surface area contributed by atoms with Crippen LogP contribution in [0.5, 0.6) is 0 Å². The van der Waals surface area contributed by atoms with Gasteiger partial charge in [0.15, 0.2) is 11.8 Å². The van der Waals surface area contributed by atoms with Crippen LogP contribution in [0.25, 0.3) is 5.69 Å². The lowest BCUT2D eigenvalue weighted by Crippen LogP contribution is -2.31. The average molecular weight is 230 g/mol. The molecule has 6 nitrogen and oxygen atoms in total. The first-order valence-electron chi connectivity index (χ1n) is 5.21. The van der Waals surface area contributed by atoms with Crippen LogP contribution in [0.4, 0.5) is 0 Å². The second-order valence-corrected chi connectivity index (χ2v) is 3.42. The summed E-state index contributed by atoms with van der Waals surface area (Å²) in [7, 11) is 1.63. The summed E-state index contributed by atoms with van der Waals surface area (Å²) in [5, 5.41) is 10.9. The number of aliphatic imine (C=N–C) groups is 1. The molecule has 88 valence electrons. The van der Waals surface area contributed by atoms with Crippen LogP contribution in [0, 0.1) is 0 Å². The summed E-state index contributed by atoms with van der Waals surface area (Å²) in [6.07, 6.45) is 1.67. The first-order chi connectivity index (χ1) is 8.31. The van der Waals surface area contributed by atoms with E-state index in [0.717, 1.165) is 11.5 Å². The molecule has 6 heteroatoms. The maximum Gasteiger partial charge on any atom is 0.188 e. The Labute approximate surface area is 99.2 Å². The minimum absolute atomic E-state index is 0.382. The molecule has 0 saturated heterocycles. The zero-order valence-electron chi connectivity index (χ0n) is 9.54. The highest BCUT2D eigenvalue weighted by molar-refractivity contribution is 5.77. The molecule has 1 heterocycles. The molecular weight excluding hydrogens is 216 g/mol. The van der Waals surface area contributed by atoms with Crippen LogP contribution in [-0.4, -0.2) is 27.8 Å². The van der Waals surface area contributed by atoms with Crippen LogP contribution in [0.2, 0.25) is 0 Å². The molecule has 2 aromatic rings. The number of nitrogens with two attached hydrogens (primary N) is 1. The minimum atomic E-state index is 0.382. The normalized spacial score (nSPS) is 11.5. The fourth-order valence-electron chi connectivity index (χ4n) is 1.43. The number of rotatable bonds is 3. The van der Waals surface area contributed by atoms with Gasteiger partial charge in [-0.2, -0.15) is 0 Å². The molecule has 0 aliphatic carbocycles. The van der Waals surface area contributed by atoms with Crippen LogP contribution >= 0.6 is 0 Å². The second-order valence-electron chi connectivity index (χ2n) is 3.42. The van der Waals surface area contributed by atoms with Gasteiger partial charge in [-0.3, -0.25) is 9.56 Å². The molecule has 0 aliphatic heterocycles. The van der Waals surface area contributed by atoms with Gasteiger partial charge in [0.1, 0.15) is 6.33 Å². The fraction of sp³-hybridized carbons (Fsp3) is 0.182. The van der Waals surface area contributed by atoms with Gasteiger partial charge in [0.25, 0.3) is 0 Å². The summed E-state index contributed by atoms with van der Waals surface area (Å²) in [4.78, 5) is 3.82. The first kappa shape index (κ1) is 11.1. The highest BCUT2D eigenvalue weighted by Crippen LogP contribution is 2.08. The molecule has 0 amide bonds. The van der Waals surface area contributed by atoms with Crippen LogP contribution in [0.1, 0.15) is 5.82 Å². The van der Waals surface area contributed by atoms with Crippen LogP contribution in [0.15, 0.2) is 41.7 Å². The van der Waals surface area contributed by atoms with E-state index in [0.29, 0.717) is 12.5 Å². The number of hydrogen-bond acceptors (Lipinski definition) is 3. The van der Waals surface area contributed by atoms with Crippen molar-refractivity contribution >= 4 is 5.96 Å². The fourth-order valence-corrected chi connectivity index (χ4v) is 1.43. The minimum Gasteiger partial charge on any atom is -0.370 e. The number of aromatic nitrogens is 3. The van der Waals surface area contributed by atoms with Gasteiger partial charge >= 0.3 is 0 Å². The predicted octanol–water partition coefficient (Wildman–Crippen LogP) is 0.301. The lowest BCUT2D eigenvalue weighted by Gasteiger charge is -2.07. The van der Waals surface area contributed by atoms with E-state index >= 15 is 0 Å². The summed E-state index contributed by atoms with van der Waals surface area (Å²) < 4.78 is 1.90. The van der Waals surface area contributed by atoms with Gasteiger partial charge in [-0.1, -0.05) is 18.2 Å². The van der Waals surface area contributed by atoms with Gasteiger partial charge in [-0.05, 0) is 12.1 Å².